The Bertz CT molecular complexity index is 985. The van der Waals surface area contributed by atoms with Gasteiger partial charge in [0, 0.05) is 16.1 Å². The van der Waals surface area contributed by atoms with Crippen LogP contribution in [0.2, 0.25) is 5.02 Å². The molecule has 0 saturated carbocycles. The van der Waals surface area contributed by atoms with Crippen LogP contribution >= 0.6 is 11.6 Å². The number of hydrogen-bond donors (Lipinski definition) is 0. The molecule has 0 aliphatic carbocycles. The molecule has 0 radical (unpaired) electrons. The van der Waals surface area contributed by atoms with Gasteiger partial charge in [-0.1, -0.05) is 23.7 Å². The summed E-state index contributed by atoms with van der Waals surface area (Å²) in [6, 6.07) is 12.3. The Morgan fingerprint density at radius 1 is 0.958 bits per heavy atom. The summed E-state index contributed by atoms with van der Waals surface area (Å²) < 4.78 is 2.06. The molecule has 120 valence electrons. The Morgan fingerprint density at radius 2 is 1.79 bits per heavy atom. The highest BCUT2D eigenvalue weighted by atomic mass is 35.5. The lowest BCUT2D eigenvalue weighted by Crippen LogP contribution is -2.08. The first kappa shape index (κ1) is 15.1. The van der Waals surface area contributed by atoms with Gasteiger partial charge < -0.3 is 0 Å². The zero-order valence-electron chi connectivity index (χ0n) is 13.8. The molecule has 1 aliphatic rings. The maximum Gasteiger partial charge on any atom is 0.159 e. The molecule has 5 heteroatoms. The van der Waals surface area contributed by atoms with Gasteiger partial charge >= 0.3 is 0 Å². The molecule has 2 heterocycles. The SMILES string of the molecule is Cc1ccc(C2=NCc3nnc(C)n3-c3ccc(Cl)cc32)cc1C. The fraction of sp³-hybridized carbons (Fsp3) is 0.211. The molecule has 0 amide bonds. The van der Waals surface area contributed by atoms with E-state index >= 15 is 0 Å². The Morgan fingerprint density at radius 3 is 2.58 bits per heavy atom. The molecule has 4 nitrogen and oxygen atoms in total. The highest BCUT2D eigenvalue weighted by molar-refractivity contribution is 6.31. The van der Waals surface area contributed by atoms with Crippen molar-refractivity contribution in [2.75, 3.05) is 0 Å². The first-order chi connectivity index (χ1) is 11.5. The number of fused-ring (bicyclic) bond motifs is 3. The summed E-state index contributed by atoms with van der Waals surface area (Å²) in [6.45, 7) is 6.68. The normalized spacial score (nSPS) is 13.1. The van der Waals surface area contributed by atoms with Crippen LogP contribution in [0.15, 0.2) is 41.4 Å². The molecule has 0 spiro atoms. The lowest BCUT2D eigenvalue weighted by molar-refractivity contribution is 0.861. The van der Waals surface area contributed by atoms with Crippen LogP contribution in [-0.2, 0) is 6.54 Å². The Kier molecular flexibility index (Phi) is 3.50. The van der Waals surface area contributed by atoms with Crippen molar-refractivity contribution in [3.63, 3.8) is 0 Å². The minimum atomic E-state index is 0.495. The zero-order valence-corrected chi connectivity index (χ0v) is 14.6. The quantitative estimate of drug-likeness (QED) is 0.668. The molecular weight excluding hydrogens is 320 g/mol. The van der Waals surface area contributed by atoms with E-state index in [1.165, 1.54) is 11.1 Å². The molecule has 1 aromatic heterocycles. The van der Waals surface area contributed by atoms with Crippen molar-refractivity contribution in [2.24, 2.45) is 4.99 Å². The highest BCUT2D eigenvalue weighted by Crippen LogP contribution is 2.28. The van der Waals surface area contributed by atoms with E-state index in [0.717, 1.165) is 34.2 Å². The van der Waals surface area contributed by atoms with Gasteiger partial charge in [-0.15, -0.1) is 10.2 Å². The second-order valence-electron chi connectivity index (χ2n) is 6.12. The molecular formula is C19H17ClN4. The summed E-state index contributed by atoms with van der Waals surface area (Å²) in [4.78, 5) is 4.84. The zero-order chi connectivity index (χ0) is 16.8. The highest BCUT2D eigenvalue weighted by Gasteiger charge is 2.22. The maximum absolute atomic E-state index is 6.28. The van der Waals surface area contributed by atoms with E-state index in [1.54, 1.807) is 0 Å². The summed E-state index contributed by atoms with van der Waals surface area (Å²) in [5.41, 5.74) is 6.59. The molecule has 0 unspecified atom stereocenters. The number of aromatic nitrogens is 3. The van der Waals surface area contributed by atoms with Gasteiger partial charge in [0.2, 0.25) is 0 Å². The van der Waals surface area contributed by atoms with Gasteiger partial charge in [-0.05, 0) is 56.2 Å². The average Bonchev–Trinajstić information content (AvgIpc) is 2.84. The molecule has 24 heavy (non-hydrogen) atoms. The van der Waals surface area contributed by atoms with E-state index in [1.807, 2.05) is 25.1 Å². The monoisotopic (exact) mass is 336 g/mol. The number of aliphatic imine (C=N–C) groups is 1. The second-order valence-corrected chi connectivity index (χ2v) is 6.56. The topological polar surface area (TPSA) is 43.1 Å². The van der Waals surface area contributed by atoms with E-state index < -0.39 is 0 Å². The van der Waals surface area contributed by atoms with Gasteiger partial charge in [0.25, 0.3) is 0 Å². The predicted molar refractivity (Wildman–Crippen MR) is 96.4 cm³/mol. The number of hydrogen-bond acceptors (Lipinski definition) is 3. The molecule has 1 aliphatic heterocycles. The van der Waals surface area contributed by atoms with Crippen LogP contribution in [0.4, 0.5) is 0 Å². The molecule has 4 rings (SSSR count). The van der Waals surface area contributed by atoms with Crippen molar-refractivity contribution in [2.45, 2.75) is 27.3 Å². The molecule has 0 fully saturated rings. The lowest BCUT2D eigenvalue weighted by Gasteiger charge is -2.13. The Labute approximate surface area is 145 Å². The fourth-order valence-corrected chi connectivity index (χ4v) is 3.26. The van der Waals surface area contributed by atoms with E-state index in [-0.39, 0.29) is 0 Å². The van der Waals surface area contributed by atoms with Crippen LogP contribution < -0.4 is 0 Å². The van der Waals surface area contributed by atoms with Crippen LogP contribution in [0.3, 0.4) is 0 Å². The van der Waals surface area contributed by atoms with Crippen LogP contribution in [-0.4, -0.2) is 20.5 Å². The van der Waals surface area contributed by atoms with Gasteiger partial charge in [-0.3, -0.25) is 9.56 Å². The summed E-state index contributed by atoms with van der Waals surface area (Å²) >= 11 is 6.28. The molecule has 3 aromatic rings. The third-order valence-corrected chi connectivity index (χ3v) is 4.74. The fourth-order valence-electron chi connectivity index (χ4n) is 3.09. The standard InChI is InChI=1S/C19H17ClN4/c1-11-4-5-14(8-12(11)2)19-16-9-15(20)6-7-17(16)24-13(3)22-23-18(24)10-21-19/h4-9H,10H2,1-3H3. The largest absolute Gasteiger partial charge is 0.281 e. The van der Waals surface area contributed by atoms with E-state index in [0.29, 0.717) is 11.6 Å². The minimum Gasteiger partial charge on any atom is -0.281 e. The van der Waals surface area contributed by atoms with Crippen molar-refractivity contribution in [1.82, 2.24) is 14.8 Å². The third kappa shape index (κ3) is 2.34. The lowest BCUT2D eigenvalue weighted by atomic mass is 9.97. The smallest absolute Gasteiger partial charge is 0.159 e. The molecule has 2 aromatic carbocycles. The minimum absolute atomic E-state index is 0.495. The van der Waals surface area contributed by atoms with Gasteiger partial charge in [0.05, 0.1) is 11.4 Å². The molecule has 0 saturated heterocycles. The Hall–Kier alpha value is -2.46. The van der Waals surface area contributed by atoms with Gasteiger partial charge in [0.1, 0.15) is 12.4 Å². The summed E-state index contributed by atoms with van der Waals surface area (Å²) in [5.74, 6) is 1.69. The van der Waals surface area contributed by atoms with Crippen molar-refractivity contribution in [1.29, 1.82) is 0 Å². The average molecular weight is 337 g/mol. The van der Waals surface area contributed by atoms with Crippen molar-refractivity contribution < 1.29 is 0 Å². The van der Waals surface area contributed by atoms with Crippen LogP contribution in [0, 0.1) is 20.8 Å². The third-order valence-electron chi connectivity index (χ3n) is 4.51. The summed E-state index contributed by atoms with van der Waals surface area (Å²) in [5, 5.41) is 9.16. The number of aryl methyl sites for hydroxylation is 3. The van der Waals surface area contributed by atoms with Gasteiger partial charge in [-0.25, -0.2) is 0 Å². The number of halogens is 1. The molecule has 0 atom stereocenters. The number of rotatable bonds is 1. The second kappa shape index (κ2) is 5.56. The molecule has 0 bridgehead atoms. The van der Waals surface area contributed by atoms with E-state index in [2.05, 4.69) is 46.8 Å². The number of nitrogens with zero attached hydrogens (tertiary/aromatic N) is 4. The van der Waals surface area contributed by atoms with Crippen LogP contribution in [0.5, 0.6) is 0 Å². The Balaban J connectivity index is 1.98. The van der Waals surface area contributed by atoms with E-state index in [9.17, 15) is 0 Å². The van der Waals surface area contributed by atoms with Crippen LogP contribution in [0.25, 0.3) is 5.69 Å². The van der Waals surface area contributed by atoms with Crippen LogP contribution in [0.1, 0.15) is 33.9 Å². The predicted octanol–water partition coefficient (Wildman–Crippen LogP) is 4.20. The maximum atomic E-state index is 6.28. The van der Waals surface area contributed by atoms with Gasteiger partial charge in [0.15, 0.2) is 5.82 Å². The first-order valence-corrected chi connectivity index (χ1v) is 8.25. The van der Waals surface area contributed by atoms with Crippen molar-refractivity contribution >= 4 is 17.3 Å². The first-order valence-electron chi connectivity index (χ1n) is 7.88. The summed E-state index contributed by atoms with van der Waals surface area (Å²) in [6.07, 6.45) is 0. The van der Waals surface area contributed by atoms with Crippen molar-refractivity contribution in [3.05, 3.63) is 75.3 Å². The molecule has 0 N–H and O–H groups in total. The van der Waals surface area contributed by atoms with E-state index in [4.69, 9.17) is 16.6 Å². The number of benzene rings is 2. The van der Waals surface area contributed by atoms with Crippen molar-refractivity contribution in [3.8, 4) is 5.69 Å². The summed E-state index contributed by atoms with van der Waals surface area (Å²) in [7, 11) is 0. The van der Waals surface area contributed by atoms with Gasteiger partial charge in [-0.2, -0.15) is 0 Å².